The van der Waals surface area contributed by atoms with Crippen LogP contribution in [0.5, 0.6) is 0 Å². The molecule has 1 N–H and O–H groups in total. The first-order valence-electron chi connectivity index (χ1n) is 7.51. The quantitative estimate of drug-likeness (QED) is 0.369. The molecule has 0 radical (unpaired) electrons. The van der Waals surface area contributed by atoms with Crippen LogP contribution in [-0.4, -0.2) is 15.3 Å². The lowest BCUT2D eigenvalue weighted by Crippen LogP contribution is -2.15. The van der Waals surface area contributed by atoms with E-state index in [1.165, 1.54) is 23.5 Å². The van der Waals surface area contributed by atoms with Crippen molar-refractivity contribution in [1.82, 2.24) is 9.38 Å². The first-order valence-corrected chi connectivity index (χ1v) is 9.84. The molecule has 1 amide bonds. The van der Waals surface area contributed by atoms with Crippen molar-refractivity contribution in [2.45, 2.75) is 0 Å². The lowest BCUT2D eigenvalue weighted by Gasteiger charge is -2.09. The number of thiazole rings is 1. The molecule has 4 rings (SSSR count). The highest BCUT2D eigenvalue weighted by atomic mass is 127. The van der Waals surface area contributed by atoms with Crippen molar-refractivity contribution in [3.05, 3.63) is 74.0 Å². The van der Waals surface area contributed by atoms with Gasteiger partial charge in [0.2, 0.25) is 0 Å². The second kappa shape index (κ2) is 6.98. The number of carbonyl (C=O) groups excluding carboxylic acids is 1. The molecule has 0 atom stereocenters. The summed E-state index contributed by atoms with van der Waals surface area (Å²) in [6.07, 6.45) is 1.84. The minimum atomic E-state index is -0.323. The fourth-order valence-electron chi connectivity index (χ4n) is 2.56. The molecule has 8 heteroatoms. The summed E-state index contributed by atoms with van der Waals surface area (Å²) in [6, 6.07) is 11.1. The van der Waals surface area contributed by atoms with Crippen LogP contribution in [-0.2, 0) is 0 Å². The van der Waals surface area contributed by atoms with Crippen LogP contribution in [0.15, 0.2) is 54.0 Å². The predicted octanol–water partition coefficient (Wildman–Crippen LogP) is 5.71. The third-order valence-electron chi connectivity index (χ3n) is 3.79. The van der Waals surface area contributed by atoms with Gasteiger partial charge in [0.15, 0.2) is 4.96 Å². The molecule has 130 valence electrons. The summed E-state index contributed by atoms with van der Waals surface area (Å²) in [4.78, 5) is 18.1. The second-order valence-corrected chi connectivity index (χ2v) is 7.92. The number of fused-ring (bicyclic) bond motifs is 1. The van der Waals surface area contributed by atoms with E-state index in [2.05, 4.69) is 32.9 Å². The van der Waals surface area contributed by atoms with Crippen molar-refractivity contribution in [1.29, 1.82) is 0 Å². The molecule has 0 bridgehead atoms. The van der Waals surface area contributed by atoms with Gasteiger partial charge in [0.25, 0.3) is 5.91 Å². The van der Waals surface area contributed by atoms with Crippen LogP contribution in [0.4, 0.5) is 10.2 Å². The highest BCUT2D eigenvalue weighted by molar-refractivity contribution is 14.1. The molecule has 0 spiro atoms. The van der Waals surface area contributed by atoms with E-state index in [-0.39, 0.29) is 11.7 Å². The Hall–Kier alpha value is -1.97. The minimum absolute atomic E-state index is 0.262. The van der Waals surface area contributed by atoms with E-state index in [0.29, 0.717) is 22.1 Å². The number of aromatic nitrogens is 2. The van der Waals surface area contributed by atoms with E-state index in [4.69, 9.17) is 11.6 Å². The van der Waals surface area contributed by atoms with Gasteiger partial charge in [-0.25, -0.2) is 9.37 Å². The molecule has 4 aromatic rings. The van der Waals surface area contributed by atoms with Crippen LogP contribution in [0.3, 0.4) is 0 Å². The number of amides is 1. The summed E-state index contributed by atoms with van der Waals surface area (Å²) in [7, 11) is 0. The number of anilines is 1. The largest absolute Gasteiger partial charge is 0.306 e. The third-order valence-corrected chi connectivity index (χ3v) is 5.67. The smallest absolute Gasteiger partial charge is 0.257 e. The Morgan fingerprint density at radius 3 is 2.73 bits per heavy atom. The number of benzene rings is 2. The van der Waals surface area contributed by atoms with Gasteiger partial charge in [0.05, 0.1) is 5.56 Å². The summed E-state index contributed by atoms with van der Waals surface area (Å²) < 4.78 is 15.8. The van der Waals surface area contributed by atoms with Crippen molar-refractivity contribution in [2.24, 2.45) is 0 Å². The maximum Gasteiger partial charge on any atom is 0.257 e. The Morgan fingerprint density at radius 2 is 2.00 bits per heavy atom. The molecule has 2 heterocycles. The van der Waals surface area contributed by atoms with Crippen LogP contribution in [0.1, 0.15) is 10.4 Å². The number of halogens is 3. The minimum Gasteiger partial charge on any atom is -0.306 e. The Kier molecular flexibility index (Phi) is 4.68. The summed E-state index contributed by atoms with van der Waals surface area (Å²) in [5, 5.41) is 5.40. The van der Waals surface area contributed by atoms with Crippen LogP contribution in [0.2, 0.25) is 5.02 Å². The van der Waals surface area contributed by atoms with Gasteiger partial charge < -0.3 is 5.32 Å². The molecule has 2 aromatic heterocycles. The van der Waals surface area contributed by atoms with E-state index in [1.54, 1.807) is 30.3 Å². The molecule has 2 aromatic carbocycles. The van der Waals surface area contributed by atoms with Crippen molar-refractivity contribution >= 4 is 62.2 Å². The highest BCUT2D eigenvalue weighted by Gasteiger charge is 2.19. The Labute approximate surface area is 170 Å². The maximum atomic E-state index is 13.3. The predicted molar refractivity (Wildman–Crippen MR) is 111 cm³/mol. The standard InChI is InChI=1S/C18H10ClFIN3OS/c19-11-3-6-13(14(21)9-11)17(25)23-16-15(10-1-4-12(20)5-2-10)22-18-24(16)7-8-26-18/h1-9H,(H,23,25). The molecule has 0 aliphatic carbocycles. The van der Waals surface area contributed by atoms with E-state index in [9.17, 15) is 9.18 Å². The molecule has 26 heavy (non-hydrogen) atoms. The Morgan fingerprint density at radius 1 is 1.23 bits per heavy atom. The van der Waals surface area contributed by atoms with Crippen molar-refractivity contribution in [2.75, 3.05) is 5.32 Å². The number of rotatable bonds is 3. The lowest BCUT2D eigenvalue weighted by atomic mass is 10.1. The second-order valence-electron chi connectivity index (χ2n) is 5.45. The zero-order valence-electron chi connectivity index (χ0n) is 13.0. The van der Waals surface area contributed by atoms with Crippen LogP contribution >= 0.6 is 45.5 Å². The van der Waals surface area contributed by atoms with Gasteiger partial charge >= 0.3 is 0 Å². The fourth-order valence-corrected chi connectivity index (χ4v) is 4.39. The molecule has 0 aliphatic heterocycles. The van der Waals surface area contributed by atoms with E-state index < -0.39 is 0 Å². The average molecular weight is 498 g/mol. The maximum absolute atomic E-state index is 13.3. The third kappa shape index (κ3) is 3.22. The van der Waals surface area contributed by atoms with Crippen LogP contribution in [0, 0.1) is 9.39 Å². The number of hydrogen-bond donors (Lipinski definition) is 1. The molecular weight excluding hydrogens is 488 g/mol. The Bertz CT molecular complexity index is 1120. The number of hydrogen-bond acceptors (Lipinski definition) is 3. The molecule has 0 saturated carbocycles. The van der Waals surface area contributed by atoms with Gasteiger partial charge in [-0.3, -0.25) is 9.20 Å². The first kappa shape index (κ1) is 17.4. The molecule has 0 unspecified atom stereocenters. The monoisotopic (exact) mass is 497 g/mol. The van der Waals surface area contributed by atoms with Crippen LogP contribution in [0.25, 0.3) is 16.2 Å². The highest BCUT2D eigenvalue weighted by Crippen LogP contribution is 2.31. The van der Waals surface area contributed by atoms with Gasteiger partial charge in [0, 0.05) is 25.7 Å². The summed E-state index contributed by atoms with van der Waals surface area (Å²) >= 11 is 9.50. The topological polar surface area (TPSA) is 46.4 Å². The van der Waals surface area contributed by atoms with E-state index in [1.807, 2.05) is 16.0 Å². The van der Waals surface area contributed by atoms with Gasteiger partial charge in [-0.05, 0) is 65.1 Å². The van der Waals surface area contributed by atoms with Gasteiger partial charge in [-0.15, -0.1) is 11.3 Å². The number of nitrogens with one attached hydrogen (secondary N) is 1. The van der Waals surface area contributed by atoms with Gasteiger partial charge in [0.1, 0.15) is 17.3 Å². The zero-order chi connectivity index (χ0) is 18.3. The molecule has 4 nitrogen and oxygen atoms in total. The normalized spacial score (nSPS) is 11.0. The number of imidazole rings is 1. The summed E-state index contributed by atoms with van der Waals surface area (Å²) in [5.41, 5.74) is 1.84. The average Bonchev–Trinajstić information content (AvgIpc) is 3.18. The SMILES string of the molecule is O=C(Nc1c(-c2ccc(F)cc2)nc2sccn12)c1ccc(Cl)cc1I. The fraction of sp³-hybridized carbons (Fsp3) is 0. The van der Waals surface area contributed by atoms with Gasteiger partial charge in [-0.2, -0.15) is 0 Å². The van der Waals surface area contributed by atoms with Crippen LogP contribution < -0.4 is 5.32 Å². The molecule has 0 fully saturated rings. The summed E-state index contributed by atoms with van der Waals surface area (Å²) in [6.45, 7) is 0. The van der Waals surface area contributed by atoms with Crippen molar-refractivity contribution < 1.29 is 9.18 Å². The van der Waals surface area contributed by atoms with Crippen molar-refractivity contribution in [3.63, 3.8) is 0 Å². The van der Waals surface area contributed by atoms with E-state index in [0.717, 1.165) is 14.1 Å². The number of carbonyl (C=O) groups is 1. The molecule has 0 saturated heterocycles. The van der Waals surface area contributed by atoms with Gasteiger partial charge in [-0.1, -0.05) is 11.6 Å². The number of nitrogens with zero attached hydrogens (tertiary/aromatic N) is 2. The Balaban J connectivity index is 1.77. The zero-order valence-corrected chi connectivity index (χ0v) is 16.8. The van der Waals surface area contributed by atoms with Crippen molar-refractivity contribution in [3.8, 4) is 11.3 Å². The summed E-state index contributed by atoms with van der Waals surface area (Å²) in [5.74, 6) is -0.0397. The molecule has 0 aliphatic rings. The van der Waals surface area contributed by atoms with E-state index >= 15 is 0 Å². The molecular formula is C18H10ClFIN3OS. The first-order chi connectivity index (χ1) is 12.5. The lowest BCUT2D eigenvalue weighted by molar-refractivity contribution is 0.102.